The fourth-order valence-electron chi connectivity index (χ4n) is 1.82. The van der Waals surface area contributed by atoms with Gasteiger partial charge in [0.15, 0.2) is 0 Å². The van der Waals surface area contributed by atoms with Gasteiger partial charge in [-0.2, -0.15) is 5.26 Å². The Labute approximate surface area is 110 Å². The summed E-state index contributed by atoms with van der Waals surface area (Å²) in [4.78, 5) is 16.1. The number of hydrogen-bond acceptors (Lipinski definition) is 4. The van der Waals surface area contributed by atoms with Crippen LogP contribution in [0.2, 0.25) is 0 Å². The summed E-state index contributed by atoms with van der Waals surface area (Å²) in [5.41, 5.74) is 1.85. The third kappa shape index (κ3) is 2.80. The van der Waals surface area contributed by atoms with Crippen molar-refractivity contribution in [3.8, 4) is 12.1 Å². The molecule has 0 fully saturated rings. The zero-order valence-corrected chi connectivity index (χ0v) is 10.8. The number of methoxy groups -OCH3 is 1. The normalized spacial score (nSPS) is 9.95. The Morgan fingerprint density at radius 3 is 2.89 bits per heavy atom. The van der Waals surface area contributed by atoms with Crippen LogP contribution < -0.4 is 10.3 Å². The Bertz CT molecular complexity index is 699. The number of benzene rings is 1. The molecular formula is C14H13N3O2. The predicted molar refractivity (Wildman–Crippen MR) is 70.0 cm³/mol. The zero-order valence-electron chi connectivity index (χ0n) is 10.8. The number of rotatable bonds is 3. The number of ether oxygens (including phenoxy) is 1. The summed E-state index contributed by atoms with van der Waals surface area (Å²) in [5.74, 6) is 0. The molecule has 0 spiro atoms. The highest BCUT2D eigenvalue weighted by Crippen LogP contribution is 2.10. The van der Waals surface area contributed by atoms with Crippen LogP contribution in [0.5, 0.6) is 6.01 Å². The molecule has 0 N–H and O–H groups in total. The van der Waals surface area contributed by atoms with Crippen LogP contribution in [-0.4, -0.2) is 16.7 Å². The largest absolute Gasteiger partial charge is 0.468 e. The number of aromatic nitrogens is 2. The third-order valence-electron chi connectivity index (χ3n) is 2.68. The average molecular weight is 255 g/mol. The molecule has 1 aromatic heterocycles. The first-order valence-electron chi connectivity index (χ1n) is 5.75. The topological polar surface area (TPSA) is 67.9 Å². The lowest BCUT2D eigenvalue weighted by Gasteiger charge is -2.11. The van der Waals surface area contributed by atoms with Crippen LogP contribution in [0.15, 0.2) is 35.1 Å². The highest BCUT2D eigenvalue weighted by Gasteiger charge is 2.08. The quantitative estimate of drug-likeness (QED) is 0.833. The van der Waals surface area contributed by atoms with Gasteiger partial charge >= 0.3 is 0 Å². The molecule has 0 amide bonds. The van der Waals surface area contributed by atoms with E-state index in [1.165, 1.54) is 17.7 Å². The molecule has 0 atom stereocenters. The molecule has 0 radical (unpaired) electrons. The van der Waals surface area contributed by atoms with Gasteiger partial charge in [-0.1, -0.05) is 12.1 Å². The van der Waals surface area contributed by atoms with Gasteiger partial charge in [-0.15, -0.1) is 0 Å². The number of nitriles is 1. The monoisotopic (exact) mass is 255 g/mol. The van der Waals surface area contributed by atoms with Crippen molar-refractivity contribution in [3.63, 3.8) is 0 Å². The fraction of sp³-hybridized carbons (Fsp3) is 0.214. The fourth-order valence-corrected chi connectivity index (χ4v) is 1.82. The van der Waals surface area contributed by atoms with Gasteiger partial charge in [0.05, 0.1) is 25.3 Å². The van der Waals surface area contributed by atoms with Gasteiger partial charge in [0.2, 0.25) is 0 Å². The molecule has 5 nitrogen and oxygen atoms in total. The van der Waals surface area contributed by atoms with E-state index in [1.54, 1.807) is 25.1 Å². The van der Waals surface area contributed by atoms with E-state index in [9.17, 15) is 4.79 Å². The lowest BCUT2D eigenvalue weighted by molar-refractivity contribution is 0.350. The molecule has 2 aromatic rings. The van der Waals surface area contributed by atoms with Gasteiger partial charge in [0, 0.05) is 11.8 Å². The minimum Gasteiger partial charge on any atom is -0.468 e. The molecule has 1 aromatic carbocycles. The Balaban J connectivity index is 2.43. The molecule has 0 bridgehead atoms. The second-order valence-corrected chi connectivity index (χ2v) is 4.12. The van der Waals surface area contributed by atoms with E-state index in [2.05, 4.69) is 11.1 Å². The van der Waals surface area contributed by atoms with Crippen molar-refractivity contribution in [2.24, 2.45) is 0 Å². The molecule has 96 valence electrons. The van der Waals surface area contributed by atoms with E-state index in [0.29, 0.717) is 17.8 Å². The molecule has 0 aliphatic heterocycles. The highest BCUT2D eigenvalue weighted by atomic mass is 16.5. The second kappa shape index (κ2) is 5.36. The molecule has 5 heteroatoms. The van der Waals surface area contributed by atoms with Gasteiger partial charge in [0.25, 0.3) is 11.6 Å². The van der Waals surface area contributed by atoms with Crippen molar-refractivity contribution in [3.05, 3.63) is 57.5 Å². The van der Waals surface area contributed by atoms with Crippen LogP contribution in [0.1, 0.15) is 16.8 Å². The van der Waals surface area contributed by atoms with Gasteiger partial charge in [-0.3, -0.25) is 9.36 Å². The summed E-state index contributed by atoms with van der Waals surface area (Å²) in [6.07, 6.45) is 0. The Morgan fingerprint density at radius 1 is 1.42 bits per heavy atom. The van der Waals surface area contributed by atoms with Gasteiger partial charge < -0.3 is 4.74 Å². The average Bonchev–Trinajstić information content (AvgIpc) is 2.41. The lowest BCUT2D eigenvalue weighted by atomic mass is 10.1. The molecule has 19 heavy (non-hydrogen) atoms. The Morgan fingerprint density at radius 2 is 2.21 bits per heavy atom. The molecule has 0 aliphatic carbocycles. The molecule has 0 unspecified atom stereocenters. The van der Waals surface area contributed by atoms with Crippen LogP contribution in [0.3, 0.4) is 0 Å². The summed E-state index contributed by atoms with van der Waals surface area (Å²) in [5, 5.41) is 8.86. The maximum Gasteiger partial charge on any atom is 0.299 e. The van der Waals surface area contributed by atoms with Gasteiger partial charge in [-0.05, 0) is 24.6 Å². The van der Waals surface area contributed by atoms with Crippen molar-refractivity contribution in [2.45, 2.75) is 13.5 Å². The van der Waals surface area contributed by atoms with Gasteiger partial charge in [0.1, 0.15) is 0 Å². The Hall–Kier alpha value is -2.61. The first-order chi connectivity index (χ1) is 9.13. The second-order valence-electron chi connectivity index (χ2n) is 4.12. The van der Waals surface area contributed by atoms with Crippen molar-refractivity contribution in [1.82, 2.24) is 9.55 Å². The number of aryl methyl sites for hydroxylation is 1. The molecule has 0 saturated carbocycles. The van der Waals surface area contributed by atoms with Crippen molar-refractivity contribution < 1.29 is 4.74 Å². The van der Waals surface area contributed by atoms with E-state index in [4.69, 9.17) is 10.00 Å². The van der Waals surface area contributed by atoms with Crippen molar-refractivity contribution >= 4 is 0 Å². The molecular weight excluding hydrogens is 242 g/mol. The predicted octanol–water partition coefficient (Wildman–Crippen LogP) is 1.48. The van der Waals surface area contributed by atoms with Crippen LogP contribution >= 0.6 is 0 Å². The summed E-state index contributed by atoms with van der Waals surface area (Å²) in [6.45, 7) is 2.06. The first-order valence-corrected chi connectivity index (χ1v) is 5.75. The minimum absolute atomic E-state index is 0.174. The number of hydrogen-bond donors (Lipinski definition) is 0. The summed E-state index contributed by atoms with van der Waals surface area (Å²) >= 11 is 0. The Kier molecular flexibility index (Phi) is 3.62. The van der Waals surface area contributed by atoms with E-state index in [-0.39, 0.29) is 11.6 Å². The molecule has 2 rings (SSSR count). The standard InChI is InChI=1S/C14H13N3O2/c1-10-6-13(18)17(14(16-10)19-2)9-12-5-3-4-11(7-12)8-15/h3-7H,9H2,1-2H3. The molecule has 1 heterocycles. The summed E-state index contributed by atoms with van der Waals surface area (Å²) in [6, 6.07) is 10.9. The van der Waals surface area contributed by atoms with Crippen LogP contribution in [0.4, 0.5) is 0 Å². The SMILES string of the molecule is COc1nc(C)cc(=O)n1Cc1cccc(C#N)c1. The minimum atomic E-state index is -0.174. The van der Waals surface area contributed by atoms with Gasteiger partial charge in [-0.25, -0.2) is 4.98 Å². The highest BCUT2D eigenvalue weighted by molar-refractivity contribution is 5.33. The van der Waals surface area contributed by atoms with Crippen LogP contribution in [0.25, 0.3) is 0 Å². The lowest BCUT2D eigenvalue weighted by Crippen LogP contribution is -2.23. The summed E-state index contributed by atoms with van der Waals surface area (Å²) in [7, 11) is 1.48. The van der Waals surface area contributed by atoms with E-state index in [0.717, 1.165) is 5.56 Å². The van der Waals surface area contributed by atoms with E-state index >= 15 is 0 Å². The molecule has 0 aliphatic rings. The van der Waals surface area contributed by atoms with Crippen LogP contribution in [0, 0.1) is 18.3 Å². The maximum atomic E-state index is 12.0. The number of nitrogens with zero attached hydrogens (tertiary/aromatic N) is 3. The zero-order chi connectivity index (χ0) is 13.8. The first kappa shape index (κ1) is 12.8. The maximum absolute atomic E-state index is 12.0. The van der Waals surface area contributed by atoms with E-state index in [1.807, 2.05) is 6.07 Å². The van der Waals surface area contributed by atoms with Crippen molar-refractivity contribution in [1.29, 1.82) is 5.26 Å². The van der Waals surface area contributed by atoms with Crippen molar-refractivity contribution in [2.75, 3.05) is 7.11 Å². The van der Waals surface area contributed by atoms with E-state index < -0.39 is 0 Å². The summed E-state index contributed by atoms with van der Waals surface area (Å²) < 4.78 is 6.56. The van der Waals surface area contributed by atoms with Crippen LogP contribution in [-0.2, 0) is 6.54 Å². The molecule has 0 saturated heterocycles. The smallest absolute Gasteiger partial charge is 0.299 e. The third-order valence-corrected chi connectivity index (χ3v) is 2.68.